The first-order chi connectivity index (χ1) is 13.6. The normalized spacial score (nSPS) is 20.5. The van der Waals surface area contributed by atoms with Gasteiger partial charge in [0.1, 0.15) is 6.04 Å². The molecule has 1 aliphatic carbocycles. The maximum absolute atomic E-state index is 12.4. The van der Waals surface area contributed by atoms with Crippen molar-refractivity contribution in [1.82, 2.24) is 10.0 Å². The van der Waals surface area contributed by atoms with Crippen LogP contribution in [0.5, 0.6) is 0 Å². The molecule has 1 aliphatic rings. The summed E-state index contributed by atoms with van der Waals surface area (Å²) in [5, 5.41) is 2.87. The molecule has 2 rings (SSSR count). The molecule has 0 bridgehead atoms. The molecule has 1 fully saturated rings. The Kier molecular flexibility index (Phi) is 7.92. The molecule has 1 saturated carbocycles. The van der Waals surface area contributed by atoms with Crippen LogP contribution in [0.2, 0.25) is 0 Å². The van der Waals surface area contributed by atoms with Crippen molar-refractivity contribution in [1.29, 1.82) is 0 Å². The number of carbonyl (C=O) groups excluding carboxylic acids is 3. The number of ketones is 1. The minimum atomic E-state index is -3.98. The van der Waals surface area contributed by atoms with Crippen LogP contribution in [0, 0.1) is 5.92 Å². The number of rotatable bonds is 8. The molecule has 1 amide bonds. The van der Waals surface area contributed by atoms with Gasteiger partial charge in [0.15, 0.2) is 12.4 Å². The number of ether oxygens (including phenoxy) is 1. The maximum atomic E-state index is 12.4. The zero-order valence-corrected chi connectivity index (χ0v) is 17.8. The Labute approximate surface area is 171 Å². The van der Waals surface area contributed by atoms with Crippen molar-refractivity contribution >= 4 is 27.7 Å². The fourth-order valence-corrected chi connectivity index (χ4v) is 4.45. The van der Waals surface area contributed by atoms with Crippen molar-refractivity contribution in [3.05, 3.63) is 29.8 Å². The van der Waals surface area contributed by atoms with E-state index in [2.05, 4.69) is 17.0 Å². The second-order valence-corrected chi connectivity index (χ2v) is 9.18. The molecule has 1 aromatic rings. The Balaban J connectivity index is 1.85. The third kappa shape index (κ3) is 6.64. The van der Waals surface area contributed by atoms with Gasteiger partial charge >= 0.3 is 5.97 Å². The Bertz CT molecular complexity index is 850. The molecule has 29 heavy (non-hydrogen) atoms. The highest BCUT2D eigenvalue weighted by molar-refractivity contribution is 7.89. The standard InChI is InChI=1S/C20H28N2O6S/c1-13-6-4-5-7-18(13)21-19(24)12-28-20(25)14(2)22-29(26,27)17-10-8-16(9-11-17)15(3)23/h8-11,13-14,18,22H,4-7,12H2,1-3H3,(H,21,24)/t13-,14-,18+/m0/s1. The summed E-state index contributed by atoms with van der Waals surface area (Å²) in [4.78, 5) is 35.3. The van der Waals surface area contributed by atoms with E-state index in [1.165, 1.54) is 38.1 Å². The van der Waals surface area contributed by atoms with Crippen LogP contribution in [0.1, 0.15) is 56.8 Å². The Morgan fingerprint density at radius 2 is 1.76 bits per heavy atom. The van der Waals surface area contributed by atoms with Gasteiger partial charge in [-0.3, -0.25) is 14.4 Å². The van der Waals surface area contributed by atoms with Gasteiger partial charge in [0, 0.05) is 11.6 Å². The van der Waals surface area contributed by atoms with Gasteiger partial charge in [-0.15, -0.1) is 0 Å². The molecule has 1 aromatic carbocycles. The lowest BCUT2D eigenvalue weighted by Crippen LogP contribution is -2.44. The fraction of sp³-hybridized carbons (Fsp3) is 0.550. The summed E-state index contributed by atoms with van der Waals surface area (Å²) in [7, 11) is -3.98. The molecule has 0 heterocycles. The van der Waals surface area contributed by atoms with Crippen molar-refractivity contribution in [3.63, 3.8) is 0 Å². The summed E-state index contributed by atoms with van der Waals surface area (Å²) >= 11 is 0. The summed E-state index contributed by atoms with van der Waals surface area (Å²) in [5.41, 5.74) is 0.384. The number of hydrogen-bond acceptors (Lipinski definition) is 6. The molecule has 9 heteroatoms. The van der Waals surface area contributed by atoms with Gasteiger partial charge in [-0.1, -0.05) is 31.9 Å². The number of esters is 1. The molecular formula is C20H28N2O6S. The van der Waals surface area contributed by atoms with Crippen LogP contribution in [0.25, 0.3) is 0 Å². The Morgan fingerprint density at radius 1 is 1.14 bits per heavy atom. The molecule has 0 unspecified atom stereocenters. The minimum Gasteiger partial charge on any atom is -0.454 e. The lowest BCUT2D eigenvalue weighted by Gasteiger charge is -2.29. The van der Waals surface area contributed by atoms with E-state index in [0.717, 1.165) is 25.7 Å². The number of nitrogens with one attached hydrogen (secondary N) is 2. The largest absolute Gasteiger partial charge is 0.454 e. The van der Waals surface area contributed by atoms with Crippen LogP contribution in [0.3, 0.4) is 0 Å². The molecule has 0 saturated heterocycles. The number of amides is 1. The number of carbonyl (C=O) groups is 3. The van der Waals surface area contributed by atoms with Crippen LogP contribution in [-0.4, -0.2) is 44.8 Å². The summed E-state index contributed by atoms with van der Waals surface area (Å²) in [6.45, 7) is 4.34. The van der Waals surface area contributed by atoms with E-state index in [1.807, 2.05) is 0 Å². The van der Waals surface area contributed by atoms with Crippen LogP contribution in [0.4, 0.5) is 0 Å². The summed E-state index contributed by atoms with van der Waals surface area (Å²) in [6, 6.07) is 4.27. The summed E-state index contributed by atoms with van der Waals surface area (Å²) < 4.78 is 31.9. The number of benzene rings is 1. The molecule has 2 N–H and O–H groups in total. The number of hydrogen-bond donors (Lipinski definition) is 2. The third-order valence-corrected chi connectivity index (χ3v) is 6.62. The van der Waals surface area contributed by atoms with E-state index in [-0.39, 0.29) is 16.7 Å². The average Bonchev–Trinajstić information content (AvgIpc) is 2.67. The number of sulfonamides is 1. The quantitative estimate of drug-likeness (QED) is 0.485. The highest BCUT2D eigenvalue weighted by Crippen LogP contribution is 2.23. The first-order valence-electron chi connectivity index (χ1n) is 9.69. The minimum absolute atomic E-state index is 0.0730. The van der Waals surface area contributed by atoms with Crippen LogP contribution < -0.4 is 10.0 Å². The lowest BCUT2D eigenvalue weighted by molar-refractivity contribution is -0.150. The fourth-order valence-electron chi connectivity index (χ4n) is 3.26. The second kappa shape index (κ2) is 9.98. The van der Waals surface area contributed by atoms with Gasteiger partial charge < -0.3 is 10.1 Å². The zero-order valence-electron chi connectivity index (χ0n) is 16.9. The van der Waals surface area contributed by atoms with Crippen molar-refractivity contribution in [3.8, 4) is 0 Å². The van der Waals surface area contributed by atoms with E-state index in [4.69, 9.17) is 4.74 Å². The van der Waals surface area contributed by atoms with Crippen LogP contribution in [-0.2, 0) is 24.3 Å². The summed E-state index contributed by atoms with van der Waals surface area (Å²) in [5.74, 6) is -1.05. The highest BCUT2D eigenvalue weighted by atomic mass is 32.2. The second-order valence-electron chi connectivity index (χ2n) is 7.47. The predicted molar refractivity (Wildman–Crippen MR) is 107 cm³/mol. The molecule has 8 nitrogen and oxygen atoms in total. The smallest absolute Gasteiger partial charge is 0.324 e. The molecular weight excluding hydrogens is 396 g/mol. The molecule has 160 valence electrons. The number of Topliss-reactive ketones (excluding diaryl/α,β-unsaturated/α-hetero) is 1. The van der Waals surface area contributed by atoms with Crippen molar-refractivity contribution in [2.45, 2.75) is 63.4 Å². The molecule has 3 atom stereocenters. The van der Waals surface area contributed by atoms with Crippen LogP contribution in [0.15, 0.2) is 29.2 Å². The SMILES string of the molecule is CC(=O)c1ccc(S(=O)(=O)N[C@@H](C)C(=O)OCC(=O)N[C@@H]2CCCC[C@@H]2C)cc1. The van der Waals surface area contributed by atoms with E-state index in [1.54, 1.807) is 0 Å². The predicted octanol–water partition coefficient (Wildman–Crippen LogP) is 1.79. The van der Waals surface area contributed by atoms with Gasteiger partial charge in [0.05, 0.1) is 4.90 Å². The Hall–Kier alpha value is -2.26. The van der Waals surface area contributed by atoms with E-state index >= 15 is 0 Å². The topological polar surface area (TPSA) is 119 Å². The molecule has 0 aliphatic heterocycles. The van der Waals surface area contributed by atoms with E-state index < -0.39 is 34.5 Å². The average molecular weight is 425 g/mol. The van der Waals surface area contributed by atoms with Crippen LogP contribution >= 0.6 is 0 Å². The van der Waals surface area contributed by atoms with Gasteiger partial charge in [-0.2, -0.15) is 4.72 Å². The third-order valence-electron chi connectivity index (χ3n) is 5.06. The van der Waals surface area contributed by atoms with Gasteiger partial charge in [-0.05, 0) is 44.7 Å². The molecule has 0 aromatic heterocycles. The first-order valence-corrected chi connectivity index (χ1v) is 11.2. The highest BCUT2D eigenvalue weighted by Gasteiger charge is 2.26. The van der Waals surface area contributed by atoms with Crippen molar-refractivity contribution in [2.24, 2.45) is 5.92 Å². The van der Waals surface area contributed by atoms with Crippen molar-refractivity contribution < 1.29 is 27.5 Å². The lowest BCUT2D eigenvalue weighted by atomic mass is 9.86. The van der Waals surface area contributed by atoms with Gasteiger partial charge in [0.25, 0.3) is 5.91 Å². The monoisotopic (exact) mass is 424 g/mol. The van der Waals surface area contributed by atoms with E-state index in [9.17, 15) is 22.8 Å². The molecule has 0 spiro atoms. The Morgan fingerprint density at radius 3 is 2.34 bits per heavy atom. The molecule has 0 radical (unpaired) electrons. The van der Waals surface area contributed by atoms with Gasteiger partial charge in [0.2, 0.25) is 10.0 Å². The maximum Gasteiger partial charge on any atom is 0.324 e. The zero-order chi connectivity index (χ0) is 21.6. The first kappa shape index (κ1) is 23.0. The van der Waals surface area contributed by atoms with Crippen molar-refractivity contribution in [2.75, 3.05) is 6.61 Å². The van der Waals surface area contributed by atoms with Gasteiger partial charge in [-0.25, -0.2) is 8.42 Å². The van der Waals surface area contributed by atoms with E-state index in [0.29, 0.717) is 11.5 Å². The summed E-state index contributed by atoms with van der Waals surface area (Å²) in [6.07, 6.45) is 4.16.